The van der Waals surface area contributed by atoms with Gasteiger partial charge in [-0.05, 0) is 49.4 Å². The number of halogens is 3. The average molecular weight is 337 g/mol. The number of benzene rings is 1. The van der Waals surface area contributed by atoms with Crippen LogP contribution in [0.3, 0.4) is 0 Å². The molecule has 2 aromatic rings. The Morgan fingerprint density at radius 2 is 1.88 bits per heavy atom. The molecule has 2 rings (SSSR count). The van der Waals surface area contributed by atoms with Crippen molar-refractivity contribution in [2.24, 2.45) is 0 Å². The summed E-state index contributed by atoms with van der Waals surface area (Å²) in [6.07, 6.45) is -1.67. The van der Waals surface area contributed by atoms with Gasteiger partial charge in [-0.2, -0.15) is 13.2 Å². The van der Waals surface area contributed by atoms with Crippen molar-refractivity contribution in [1.82, 2.24) is 4.98 Å². The maximum atomic E-state index is 12.5. The minimum absolute atomic E-state index is 0.411. The third kappa shape index (κ3) is 4.84. The van der Waals surface area contributed by atoms with E-state index in [9.17, 15) is 18.0 Å². The standard InChI is InChI=1S/C17H14F3NO3/c1-11(2-9-16(22)23)24-14-6-3-12(4-7-14)15-8-5-13(10-21-15)17(18,19)20/h2-11H,1H3,(H,22,23). The number of pyridine rings is 1. The van der Waals surface area contributed by atoms with E-state index in [-0.39, 0.29) is 0 Å². The average Bonchev–Trinajstić information content (AvgIpc) is 2.53. The SMILES string of the molecule is CC(C=CC(=O)O)Oc1ccc(-c2ccc(C(F)(F)F)cn2)cc1. The van der Waals surface area contributed by atoms with Crippen LogP contribution in [0.2, 0.25) is 0 Å². The van der Waals surface area contributed by atoms with E-state index in [1.165, 1.54) is 12.1 Å². The van der Waals surface area contributed by atoms with Crippen LogP contribution in [0.4, 0.5) is 13.2 Å². The highest BCUT2D eigenvalue weighted by Gasteiger charge is 2.30. The molecule has 1 N–H and O–H groups in total. The van der Waals surface area contributed by atoms with E-state index < -0.39 is 23.8 Å². The zero-order valence-electron chi connectivity index (χ0n) is 12.6. The molecular formula is C17H14F3NO3. The van der Waals surface area contributed by atoms with Crippen molar-refractivity contribution in [3.05, 3.63) is 60.3 Å². The van der Waals surface area contributed by atoms with Crippen LogP contribution in [0.5, 0.6) is 5.75 Å². The number of aliphatic carboxylic acids is 1. The van der Waals surface area contributed by atoms with Gasteiger partial charge < -0.3 is 9.84 Å². The molecule has 1 unspecified atom stereocenters. The van der Waals surface area contributed by atoms with Crippen LogP contribution in [-0.2, 0) is 11.0 Å². The van der Waals surface area contributed by atoms with Crippen molar-refractivity contribution >= 4 is 5.97 Å². The molecule has 1 aromatic carbocycles. The molecule has 1 atom stereocenters. The molecule has 24 heavy (non-hydrogen) atoms. The normalized spacial score (nSPS) is 13.0. The zero-order valence-corrected chi connectivity index (χ0v) is 12.6. The largest absolute Gasteiger partial charge is 0.487 e. The number of nitrogens with zero attached hydrogens (tertiary/aromatic N) is 1. The molecule has 0 bridgehead atoms. The lowest BCUT2D eigenvalue weighted by Gasteiger charge is -2.11. The molecule has 0 fully saturated rings. The van der Waals surface area contributed by atoms with Crippen LogP contribution in [0.1, 0.15) is 12.5 Å². The molecule has 0 aliphatic heterocycles. The van der Waals surface area contributed by atoms with Crippen LogP contribution >= 0.6 is 0 Å². The molecule has 7 heteroatoms. The van der Waals surface area contributed by atoms with Gasteiger partial charge in [0.05, 0.1) is 11.3 Å². The summed E-state index contributed by atoms with van der Waals surface area (Å²) in [6, 6.07) is 8.89. The first-order valence-corrected chi connectivity index (χ1v) is 6.97. The van der Waals surface area contributed by atoms with Gasteiger partial charge in [0.1, 0.15) is 11.9 Å². The molecule has 1 heterocycles. The molecule has 0 aliphatic rings. The maximum absolute atomic E-state index is 12.5. The van der Waals surface area contributed by atoms with E-state index in [0.717, 1.165) is 18.3 Å². The molecule has 4 nitrogen and oxygen atoms in total. The highest BCUT2D eigenvalue weighted by Crippen LogP contribution is 2.30. The number of alkyl halides is 3. The van der Waals surface area contributed by atoms with Gasteiger partial charge in [-0.3, -0.25) is 4.98 Å². The predicted molar refractivity (Wildman–Crippen MR) is 81.5 cm³/mol. The monoisotopic (exact) mass is 337 g/mol. The first-order valence-electron chi connectivity index (χ1n) is 6.97. The second-order valence-corrected chi connectivity index (χ2v) is 4.97. The van der Waals surface area contributed by atoms with Gasteiger partial charge in [0.25, 0.3) is 0 Å². The van der Waals surface area contributed by atoms with Crippen molar-refractivity contribution in [2.45, 2.75) is 19.2 Å². The molecule has 0 radical (unpaired) electrons. The number of ether oxygens (including phenoxy) is 1. The van der Waals surface area contributed by atoms with Crippen LogP contribution < -0.4 is 4.74 Å². The lowest BCUT2D eigenvalue weighted by molar-refractivity contribution is -0.137. The Bertz CT molecular complexity index is 722. The number of rotatable bonds is 5. The lowest BCUT2D eigenvalue weighted by atomic mass is 10.1. The number of hydrogen-bond acceptors (Lipinski definition) is 3. The fraction of sp³-hybridized carbons (Fsp3) is 0.176. The van der Waals surface area contributed by atoms with Crippen molar-refractivity contribution in [3.8, 4) is 17.0 Å². The smallest absolute Gasteiger partial charge is 0.417 e. The van der Waals surface area contributed by atoms with E-state index in [4.69, 9.17) is 9.84 Å². The lowest BCUT2D eigenvalue weighted by Crippen LogP contribution is -2.08. The fourth-order valence-corrected chi connectivity index (χ4v) is 1.91. The van der Waals surface area contributed by atoms with Gasteiger partial charge in [-0.25, -0.2) is 4.79 Å². The van der Waals surface area contributed by atoms with Gasteiger partial charge in [-0.1, -0.05) is 0 Å². The maximum Gasteiger partial charge on any atom is 0.417 e. The number of hydrogen-bond donors (Lipinski definition) is 1. The summed E-state index contributed by atoms with van der Waals surface area (Å²) in [4.78, 5) is 14.2. The molecule has 126 valence electrons. The van der Waals surface area contributed by atoms with Crippen LogP contribution in [0.15, 0.2) is 54.7 Å². The number of aromatic nitrogens is 1. The van der Waals surface area contributed by atoms with E-state index in [0.29, 0.717) is 17.0 Å². The zero-order chi connectivity index (χ0) is 17.7. The Morgan fingerprint density at radius 1 is 1.21 bits per heavy atom. The van der Waals surface area contributed by atoms with E-state index in [1.54, 1.807) is 31.2 Å². The van der Waals surface area contributed by atoms with Crippen LogP contribution in [-0.4, -0.2) is 22.2 Å². The van der Waals surface area contributed by atoms with Crippen molar-refractivity contribution in [2.75, 3.05) is 0 Å². The third-order valence-electron chi connectivity index (χ3n) is 3.07. The number of carbonyl (C=O) groups is 1. The van der Waals surface area contributed by atoms with E-state index in [1.807, 2.05) is 0 Å². The van der Waals surface area contributed by atoms with Gasteiger partial charge in [0.2, 0.25) is 0 Å². The van der Waals surface area contributed by atoms with Crippen LogP contribution in [0, 0.1) is 0 Å². The second kappa shape index (κ2) is 7.16. The summed E-state index contributed by atoms with van der Waals surface area (Å²) in [5, 5.41) is 8.54. The molecule has 0 spiro atoms. The Balaban J connectivity index is 2.08. The predicted octanol–water partition coefficient (Wildman–Crippen LogP) is 4.18. The van der Waals surface area contributed by atoms with Gasteiger partial charge in [0.15, 0.2) is 0 Å². The van der Waals surface area contributed by atoms with Crippen LogP contribution in [0.25, 0.3) is 11.3 Å². The van der Waals surface area contributed by atoms with Gasteiger partial charge >= 0.3 is 12.1 Å². The summed E-state index contributed by atoms with van der Waals surface area (Å²) in [5.74, 6) is -0.553. The number of carboxylic acids is 1. The molecule has 0 aliphatic carbocycles. The first-order chi connectivity index (χ1) is 11.3. The summed E-state index contributed by atoms with van der Waals surface area (Å²) in [5.41, 5.74) is 0.253. The van der Waals surface area contributed by atoms with Gasteiger partial charge in [-0.15, -0.1) is 0 Å². The Morgan fingerprint density at radius 3 is 2.38 bits per heavy atom. The molecule has 0 saturated heterocycles. The third-order valence-corrected chi connectivity index (χ3v) is 3.07. The van der Waals surface area contributed by atoms with E-state index >= 15 is 0 Å². The summed E-state index contributed by atoms with van der Waals surface area (Å²) in [7, 11) is 0. The molecule has 0 amide bonds. The topological polar surface area (TPSA) is 59.4 Å². The van der Waals surface area contributed by atoms with Crippen molar-refractivity contribution in [1.29, 1.82) is 0 Å². The van der Waals surface area contributed by atoms with E-state index in [2.05, 4.69) is 4.98 Å². The van der Waals surface area contributed by atoms with Gasteiger partial charge in [0, 0.05) is 17.8 Å². The Labute approximate surface area is 136 Å². The Hall–Kier alpha value is -2.83. The minimum Gasteiger partial charge on any atom is -0.487 e. The first kappa shape index (κ1) is 17.5. The molecule has 1 aromatic heterocycles. The second-order valence-electron chi connectivity index (χ2n) is 4.97. The summed E-state index contributed by atoms with van der Waals surface area (Å²) in [6.45, 7) is 1.69. The minimum atomic E-state index is -4.41. The fourth-order valence-electron chi connectivity index (χ4n) is 1.91. The highest BCUT2D eigenvalue weighted by atomic mass is 19.4. The summed E-state index contributed by atoms with van der Waals surface area (Å²) >= 11 is 0. The number of carboxylic acid groups (broad SMARTS) is 1. The van der Waals surface area contributed by atoms with Crippen molar-refractivity contribution in [3.63, 3.8) is 0 Å². The molecular weight excluding hydrogens is 323 g/mol. The summed E-state index contributed by atoms with van der Waals surface area (Å²) < 4.78 is 43.0. The highest BCUT2D eigenvalue weighted by molar-refractivity contribution is 5.79. The Kier molecular flexibility index (Phi) is 5.23. The van der Waals surface area contributed by atoms with Crippen molar-refractivity contribution < 1.29 is 27.8 Å². The molecule has 0 saturated carbocycles. The quantitative estimate of drug-likeness (QED) is 0.832.